The summed E-state index contributed by atoms with van der Waals surface area (Å²) < 4.78 is 5.39. The van der Waals surface area contributed by atoms with Gasteiger partial charge in [0.05, 0.1) is 0 Å². The summed E-state index contributed by atoms with van der Waals surface area (Å²) in [5, 5.41) is 0. The molecule has 0 bridgehead atoms. The fraction of sp³-hybridized carbons (Fsp3) is 0.367. The Hall–Kier alpha value is -2.87. The van der Waals surface area contributed by atoms with Crippen molar-refractivity contribution in [1.29, 1.82) is 0 Å². The fourth-order valence-corrected chi connectivity index (χ4v) is 4.27. The van der Waals surface area contributed by atoms with E-state index in [0.717, 1.165) is 17.5 Å². The first-order valence-corrected chi connectivity index (χ1v) is 12.0. The number of carbonyl (C=O) groups excluding carboxylic acids is 1. The topological polar surface area (TPSA) is 26.3 Å². The van der Waals surface area contributed by atoms with Crippen LogP contribution in [0.1, 0.15) is 76.5 Å². The van der Waals surface area contributed by atoms with Gasteiger partial charge in [-0.05, 0) is 59.2 Å². The Morgan fingerprint density at radius 2 is 1.41 bits per heavy atom. The summed E-state index contributed by atoms with van der Waals surface area (Å²) in [6, 6.07) is 25.8. The first-order chi connectivity index (χ1) is 15.6. The summed E-state index contributed by atoms with van der Waals surface area (Å²) >= 11 is 0. The molecular weight excluding hydrogens is 392 g/mol. The highest BCUT2D eigenvalue weighted by molar-refractivity contribution is 5.83. The summed E-state index contributed by atoms with van der Waals surface area (Å²) in [5.74, 6) is -0.259. The van der Waals surface area contributed by atoms with Gasteiger partial charge in [0.15, 0.2) is 0 Å². The predicted octanol–water partition coefficient (Wildman–Crippen LogP) is 8.55. The maximum Gasteiger partial charge on any atom is 0.303 e. The smallest absolute Gasteiger partial charge is 0.303 e. The molecule has 0 fully saturated rings. The number of benzene rings is 3. The largest absolute Gasteiger partial charge is 0.458 e. The Morgan fingerprint density at radius 1 is 0.781 bits per heavy atom. The molecule has 0 spiro atoms. The molecule has 0 N–H and O–H groups in total. The molecule has 3 aromatic rings. The molecule has 32 heavy (non-hydrogen) atoms. The molecule has 0 aliphatic rings. The van der Waals surface area contributed by atoms with Gasteiger partial charge in [0, 0.05) is 6.92 Å². The van der Waals surface area contributed by atoms with E-state index in [-0.39, 0.29) is 12.1 Å². The van der Waals surface area contributed by atoms with E-state index in [1.165, 1.54) is 67.7 Å². The third-order valence-corrected chi connectivity index (χ3v) is 5.99. The van der Waals surface area contributed by atoms with Gasteiger partial charge in [-0.15, -0.1) is 0 Å². The Kier molecular flexibility index (Phi) is 9.10. The van der Waals surface area contributed by atoms with Crippen molar-refractivity contribution < 1.29 is 9.53 Å². The molecule has 0 amide bonds. The van der Waals surface area contributed by atoms with Crippen molar-refractivity contribution in [3.05, 3.63) is 83.9 Å². The fourth-order valence-electron chi connectivity index (χ4n) is 4.27. The highest BCUT2D eigenvalue weighted by Crippen LogP contribution is 2.34. The minimum atomic E-state index is -0.264. The standard InChI is InChI=1S/C30H36O2/c1-4-5-6-7-8-9-14-25-15-12-17-27(21-25)29-19-10-11-20-30(29)28-18-13-16-26(22-28)23(2)32-24(3)31/h10-13,15-23H,4-9,14H2,1-3H3. The number of rotatable bonds is 11. The van der Waals surface area contributed by atoms with Crippen LogP contribution in [0.15, 0.2) is 72.8 Å². The number of hydrogen-bond acceptors (Lipinski definition) is 2. The Balaban J connectivity index is 1.79. The van der Waals surface area contributed by atoms with Crippen LogP contribution in [-0.2, 0) is 16.0 Å². The monoisotopic (exact) mass is 428 g/mol. The second-order valence-electron chi connectivity index (χ2n) is 8.64. The van der Waals surface area contributed by atoms with E-state index in [0.29, 0.717) is 0 Å². The molecule has 2 heteroatoms. The van der Waals surface area contributed by atoms with Crippen LogP contribution in [0, 0.1) is 0 Å². The maximum atomic E-state index is 11.4. The SMILES string of the molecule is CCCCCCCCc1cccc(-c2ccccc2-c2cccc(C(C)OC(C)=O)c2)c1. The van der Waals surface area contributed by atoms with Crippen LogP contribution in [0.25, 0.3) is 22.3 Å². The van der Waals surface area contributed by atoms with E-state index >= 15 is 0 Å². The second-order valence-corrected chi connectivity index (χ2v) is 8.64. The number of carbonyl (C=O) groups is 1. The molecule has 0 aromatic heterocycles. The zero-order valence-electron chi connectivity index (χ0n) is 19.8. The molecule has 0 radical (unpaired) electrons. The van der Waals surface area contributed by atoms with Gasteiger partial charge in [0.2, 0.25) is 0 Å². The number of esters is 1. The summed E-state index contributed by atoms with van der Waals surface area (Å²) in [6.45, 7) is 5.63. The zero-order chi connectivity index (χ0) is 22.8. The van der Waals surface area contributed by atoms with Gasteiger partial charge in [-0.3, -0.25) is 4.79 Å². The average Bonchev–Trinajstić information content (AvgIpc) is 2.81. The van der Waals surface area contributed by atoms with E-state index in [9.17, 15) is 4.79 Å². The predicted molar refractivity (Wildman–Crippen MR) is 135 cm³/mol. The summed E-state index contributed by atoms with van der Waals surface area (Å²) in [5.41, 5.74) is 7.23. The highest BCUT2D eigenvalue weighted by atomic mass is 16.5. The molecule has 1 unspecified atom stereocenters. The van der Waals surface area contributed by atoms with Crippen molar-refractivity contribution in [2.45, 2.75) is 71.8 Å². The van der Waals surface area contributed by atoms with E-state index in [2.05, 4.69) is 67.6 Å². The second kappa shape index (κ2) is 12.2. The van der Waals surface area contributed by atoms with Gasteiger partial charge in [0.1, 0.15) is 6.10 Å². The Bertz CT molecular complexity index is 1000. The first kappa shape index (κ1) is 23.8. The summed E-state index contributed by atoms with van der Waals surface area (Å²) in [6.07, 6.45) is 8.80. The lowest BCUT2D eigenvalue weighted by molar-refractivity contribution is -0.145. The lowest BCUT2D eigenvalue weighted by Crippen LogP contribution is -2.04. The van der Waals surface area contributed by atoms with Gasteiger partial charge in [0.25, 0.3) is 0 Å². The zero-order valence-corrected chi connectivity index (χ0v) is 19.8. The lowest BCUT2D eigenvalue weighted by atomic mass is 9.92. The van der Waals surface area contributed by atoms with Crippen LogP contribution < -0.4 is 0 Å². The quantitative estimate of drug-likeness (QED) is 0.226. The minimum Gasteiger partial charge on any atom is -0.458 e. The third-order valence-electron chi connectivity index (χ3n) is 5.99. The molecule has 0 aliphatic heterocycles. The van der Waals surface area contributed by atoms with E-state index < -0.39 is 0 Å². The van der Waals surface area contributed by atoms with E-state index in [4.69, 9.17) is 4.74 Å². The average molecular weight is 429 g/mol. The normalized spacial score (nSPS) is 11.8. The third kappa shape index (κ3) is 6.82. The van der Waals surface area contributed by atoms with Crippen LogP contribution in [0.4, 0.5) is 0 Å². The number of ether oxygens (including phenoxy) is 1. The van der Waals surface area contributed by atoms with Crippen molar-refractivity contribution in [2.75, 3.05) is 0 Å². The number of aryl methyl sites for hydroxylation is 1. The number of unbranched alkanes of at least 4 members (excludes halogenated alkanes) is 5. The molecule has 1 atom stereocenters. The lowest BCUT2D eigenvalue weighted by Gasteiger charge is -2.15. The molecule has 3 aromatic carbocycles. The van der Waals surface area contributed by atoms with Crippen LogP contribution in [0.3, 0.4) is 0 Å². The van der Waals surface area contributed by atoms with Crippen molar-refractivity contribution in [2.24, 2.45) is 0 Å². The Labute approximate surface area is 193 Å². The molecular formula is C30H36O2. The van der Waals surface area contributed by atoms with Crippen LogP contribution in [-0.4, -0.2) is 5.97 Å². The van der Waals surface area contributed by atoms with E-state index in [1.807, 2.05) is 19.1 Å². The minimum absolute atomic E-state index is 0.259. The molecule has 3 rings (SSSR count). The van der Waals surface area contributed by atoms with Gasteiger partial charge >= 0.3 is 5.97 Å². The van der Waals surface area contributed by atoms with E-state index in [1.54, 1.807) is 0 Å². The summed E-state index contributed by atoms with van der Waals surface area (Å²) in [7, 11) is 0. The maximum absolute atomic E-state index is 11.4. The molecule has 168 valence electrons. The first-order valence-electron chi connectivity index (χ1n) is 12.0. The highest BCUT2D eigenvalue weighted by Gasteiger charge is 2.12. The van der Waals surface area contributed by atoms with Crippen LogP contribution in [0.5, 0.6) is 0 Å². The van der Waals surface area contributed by atoms with Crippen molar-refractivity contribution in [3.8, 4) is 22.3 Å². The van der Waals surface area contributed by atoms with Crippen molar-refractivity contribution in [3.63, 3.8) is 0 Å². The Morgan fingerprint density at radius 3 is 2.09 bits per heavy atom. The van der Waals surface area contributed by atoms with Gasteiger partial charge in [-0.1, -0.05) is 106 Å². The van der Waals surface area contributed by atoms with Gasteiger partial charge in [-0.2, -0.15) is 0 Å². The van der Waals surface area contributed by atoms with Crippen molar-refractivity contribution in [1.82, 2.24) is 0 Å². The van der Waals surface area contributed by atoms with Crippen LogP contribution >= 0.6 is 0 Å². The molecule has 0 aliphatic carbocycles. The molecule has 2 nitrogen and oxygen atoms in total. The summed E-state index contributed by atoms with van der Waals surface area (Å²) in [4.78, 5) is 11.4. The number of hydrogen-bond donors (Lipinski definition) is 0. The molecule has 0 saturated carbocycles. The molecule has 0 saturated heterocycles. The van der Waals surface area contributed by atoms with Gasteiger partial charge in [-0.25, -0.2) is 0 Å². The van der Waals surface area contributed by atoms with Crippen molar-refractivity contribution >= 4 is 5.97 Å². The van der Waals surface area contributed by atoms with Gasteiger partial charge < -0.3 is 4.74 Å². The molecule has 0 heterocycles. The van der Waals surface area contributed by atoms with Crippen LogP contribution in [0.2, 0.25) is 0 Å².